The lowest BCUT2D eigenvalue weighted by atomic mass is 10.2. The molecule has 1 rings (SSSR count). The number of nitriles is 1. The molecular formula is C8H3F5N2O. The van der Waals surface area contributed by atoms with Gasteiger partial charge in [0.25, 0.3) is 6.43 Å². The van der Waals surface area contributed by atoms with Crippen molar-refractivity contribution in [3.8, 4) is 11.8 Å². The Bertz CT molecular complexity index is 423. The van der Waals surface area contributed by atoms with Gasteiger partial charge in [-0.1, -0.05) is 0 Å². The predicted octanol–water partition coefficient (Wildman–Crippen LogP) is 2.79. The highest BCUT2D eigenvalue weighted by Crippen LogP contribution is 2.34. The number of hydrogen-bond donors (Lipinski definition) is 0. The van der Waals surface area contributed by atoms with Gasteiger partial charge in [0.05, 0.1) is 5.56 Å². The van der Waals surface area contributed by atoms with Gasteiger partial charge in [-0.05, 0) is 0 Å². The number of pyridine rings is 1. The number of rotatable bonds is 2. The fraction of sp³-hybridized carbons (Fsp3) is 0.250. The van der Waals surface area contributed by atoms with E-state index < -0.39 is 29.7 Å². The Morgan fingerprint density at radius 1 is 1.31 bits per heavy atom. The maximum Gasteiger partial charge on any atom is 0.573 e. The lowest BCUT2D eigenvalue weighted by molar-refractivity contribution is -0.275. The fourth-order valence-corrected chi connectivity index (χ4v) is 0.930. The zero-order valence-electron chi connectivity index (χ0n) is 7.42. The summed E-state index contributed by atoms with van der Waals surface area (Å²) in [5.74, 6) is -1.21. The van der Waals surface area contributed by atoms with Crippen molar-refractivity contribution in [1.29, 1.82) is 5.26 Å². The molecular weight excluding hydrogens is 235 g/mol. The van der Waals surface area contributed by atoms with Crippen LogP contribution < -0.4 is 4.74 Å². The first-order valence-electron chi connectivity index (χ1n) is 3.77. The number of nitrogens with zero attached hydrogens (tertiary/aromatic N) is 2. The van der Waals surface area contributed by atoms with Gasteiger partial charge in [0.1, 0.15) is 11.6 Å². The molecule has 0 aliphatic rings. The van der Waals surface area contributed by atoms with Crippen molar-refractivity contribution in [2.45, 2.75) is 12.8 Å². The molecule has 8 heteroatoms. The Labute approximate surface area is 86.1 Å². The molecule has 0 aliphatic carbocycles. The maximum absolute atomic E-state index is 12.3. The third kappa shape index (κ3) is 2.79. The summed E-state index contributed by atoms with van der Waals surface area (Å²) in [6, 6.07) is 1.29. The topological polar surface area (TPSA) is 45.9 Å². The third-order valence-corrected chi connectivity index (χ3v) is 1.50. The molecule has 1 aromatic rings. The molecule has 0 fully saturated rings. The minimum absolute atomic E-state index is 0.520. The molecule has 86 valence electrons. The average Bonchev–Trinajstić information content (AvgIpc) is 2.15. The highest BCUT2D eigenvalue weighted by atomic mass is 19.4. The summed E-state index contributed by atoms with van der Waals surface area (Å²) in [6.45, 7) is 0. The van der Waals surface area contributed by atoms with Crippen LogP contribution in [0.15, 0.2) is 12.4 Å². The molecule has 0 radical (unpaired) electrons. The molecule has 0 bridgehead atoms. The first kappa shape index (κ1) is 12.2. The number of hydrogen-bond acceptors (Lipinski definition) is 3. The van der Waals surface area contributed by atoms with Gasteiger partial charge in [-0.25, -0.2) is 8.78 Å². The van der Waals surface area contributed by atoms with E-state index in [4.69, 9.17) is 5.26 Å². The largest absolute Gasteiger partial charge is 0.573 e. The van der Waals surface area contributed by atoms with Crippen LogP contribution in [0.4, 0.5) is 22.0 Å². The molecule has 0 spiro atoms. The second kappa shape index (κ2) is 4.30. The van der Waals surface area contributed by atoms with E-state index in [9.17, 15) is 22.0 Å². The Balaban J connectivity index is 3.27. The van der Waals surface area contributed by atoms with Crippen LogP contribution in [-0.4, -0.2) is 11.3 Å². The normalized spacial score (nSPS) is 11.3. The standard InChI is InChI=1S/C8H3F5N2O/c9-7(10)5-3-15-2-4(1-14)6(5)16-8(11,12)13/h2-3,7H. The molecule has 0 atom stereocenters. The van der Waals surface area contributed by atoms with E-state index in [1.54, 1.807) is 0 Å². The van der Waals surface area contributed by atoms with Crippen molar-refractivity contribution >= 4 is 0 Å². The summed E-state index contributed by atoms with van der Waals surface area (Å²) < 4.78 is 63.7. The molecule has 0 unspecified atom stereocenters. The Morgan fingerprint density at radius 2 is 1.94 bits per heavy atom. The van der Waals surface area contributed by atoms with E-state index in [1.807, 2.05) is 0 Å². The van der Waals surface area contributed by atoms with E-state index >= 15 is 0 Å². The summed E-state index contributed by atoms with van der Waals surface area (Å²) in [5.41, 5.74) is -1.77. The van der Waals surface area contributed by atoms with Gasteiger partial charge < -0.3 is 4.74 Å². The van der Waals surface area contributed by atoms with Crippen molar-refractivity contribution in [1.82, 2.24) is 4.98 Å². The van der Waals surface area contributed by atoms with Gasteiger partial charge in [-0.3, -0.25) is 4.98 Å². The van der Waals surface area contributed by atoms with Crippen LogP contribution in [0.25, 0.3) is 0 Å². The zero-order valence-corrected chi connectivity index (χ0v) is 7.42. The van der Waals surface area contributed by atoms with Gasteiger partial charge in [0, 0.05) is 12.4 Å². The van der Waals surface area contributed by atoms with Crippen LogP contribution in [0.3, 0.4) is 0 Å². The van der Waals surface area contributed by atoms with Crippen molar-refractivity contribution in [3.63, 3.8) is 0 Å². The summed E-state index contributed by atoms with van der Waals surface area (Å²) in [7, 11) is 0. The summed E-state index contributed by atoms with van der Waals surface area (Å²) in [6.07, 6.45) is -7.12. The predicted molar refractivity (Wildman–Crippen MR) is 40.6 cm³/mol. The molecule has 0 aromatic carbocycles. The van der Waals surface area contributed by atoms with Crippen LogP contribution in [-0.2, 0) is 0 Å². The van der Waals surface area contributed by atoms with Crippen molar-refractivity contribution in [3.05, 3.63) is 23.5 Å². The van der Waals surface area contributed by atoms with Crippen LogP contribution >= 0.6 is 0 Å². The van der Waals surface area contributed by atoms with E-state index in [1.165, 1.54) is 6.07 Å². The monoisotopic (exact) mass is 238 g/mol. The third-order valence-electron chi connectivity index (χ3n) is 1.50. The quantitative estimate of drug-likeness (QED) is 0.744. The number of aromatic nitrogens is 1. The molecule has 1 heterocycles. The minimum atomic E-state index is -5.14. The second-order valence-electron chi connectivity index (χ2n) is 2.57. The fourth-order valence-electron chi connectivity index (χ4n) is 0.930. The molecule has 16 heavy (non-hydrogen) atoms. The van der Waals surface area contributed by atoms with E-state index in [0.29, 0.717) is 12.4 Å². The SMILES string of the molecule is N#Cc1cncc(C(F)F)c1OC(F)(F)F. The van der Waals surface area contributed by atoms with Crippen molar-refractivity contribution in [2.24, 2.45) is 0 Å². The van der Waals surface area contributed by atoms with Gasteiger partial charge >= 0.3 is 6.36 Å². The van der Waals surface area contributed by atoms with Crippen LogP contribution in [0.1, 0.15) is 17.6 Å². The maximum atomic E-state index is 12.3. The average molecular weight is 238 g/mol. The van der Waals surface area contributed by atoms with Crippen LogP contribution in [0, 0.1) is 11.3 Å². The molecule has 3 nitrogen and oxygen atoms in total. The van der Waals surface area contributed by atoms with Crippen LogP contribution in [0.2, 0.25) is 0 Å². The molecule has 1 aromatic heterocycles. The van der Waals surface area contributed by atoms with E-state index in [2.05, 4.69) is 9.72 Å². The summed E-state index contributed by atoms with van der Waals surface area (Å²) >= 11 is 0. The summed E-state index contributed by atoms with van der Waals surface area (Å²) in [5, 5.41) is 8.44. The Kier molecular flexibility index (Phi) is 3.27. The lowest BCUT2D eigenvalue weighted by Gasteiger charge is -2.13. The number of halogens is 5. The number of ether oxygens (including phenoxy) is 1. The molecule has 0 amide bonds. The molecule has 0 aliphatic heterocycles. The van der Waals surface area contributed by atoms with Gasteiger partial charge in [-0.2, -0.15) is 5.26 Å². The Morgan fingerprint density at radius 3 is 2.38 bits per heavy atom. The first-order valence-corrected chi connectivity index (χ1v) is 3.77. The number of alkyl halides is 5. The first-order chi connectivity index (χ1) is 7.35. The van der Waals surface area contributed by atoms with Gasteiger partial charge in [-0.15, -0.1) is 13.2 Å². The van der Waals surface area contributed by atoms with Crippen LogP contribution in [0.5, 0.6) is 5.75 Å². The molecule has 0 saturated carbocycles. The smallest absolute Gasteiger partial charge is 0.404 e. The highest BCUT2D eigenvalue weighted by Gasteiger charge is 2.34. The summed E-state index contributed by atoms with van der Waals surface area (Å²) in [4.78, 5) is 3.22. The second-order valence-corrected chi connectivity index (χ2v) is 2.57. The lowest BCUT2D eigenvalue weighted by Crippen LogP contribution is -2.19. The van der Waals surface area contributed by atoms with Crippen molar-refractivity contribution in [2.75, 3.05) is 0 Å². The Hall–Kier alpha value is -1.91. The molecule has 0 saturated heterocycles. The van der Waals surface area contributed by atoms with E-state index in [-0.39, 0.29) is 0 Å². The highest BCUT2D eigenvalue weighted by molar-refractivity contribution is 5.46. The van der Waals surface area contributed by atoms with E-state index in [0.717, 1.165) is 0 Å². The zero-order chi connectivity index (χ0) is 12.3. The molecule has 0 N–H and O–H groups in total. The van der Waals surface area contributed by atoms with Gasteiger partial charge in [0.15, 0.2) is 5.75 Å². The van der Waals surface area contributed by atoms with Crippen molar-refractivity contribution < 1.29 is 26.7 Å². The van der Waals surface area contributed by atoms with Gasteiger partial charge in [0.2, 0.25) is 0 Å². The minimum Gasteiger partial charge on any atom is -0.404 e.